The van der Waals surface area contributed by atoms with Gasteiger partial charge < -0.3 is 30.3 Å². The number of benzene rings is 1. The van der Waals surface area contributed by atoms with Crippen LogP contribution in [-0.2, 0) is 4.79 Å². The molecular formula is C28H36F2N6O4. The van der Waals surface area contributed by atoms with Crippen molar-refractivity contribution in [1.82, 2.24) is 15.3 Å². The number of nitrogens with one attached hydrogen (secondary N) is 2. The summed E-state index contributed by atoms with van der Waals surface area (Å²) in [5.41, 5.74) is 1.07. The number of rotatable bonds is 6. The molecule has 216 valence electrons. The lowest BCUT2D eigenvalue weighted by Gasteiger charge is -2.35. The van der Waals surface area contributed by atoms with E-state index in [-0.39, 0.29) is 35.4 Å². The summed E-state index contributed by atoms with van der Waals surface area (Å²) < 4.78 is 35.4. The number of carbonyl (C=O) groups excluding carboxylic acids is 2. The van der Waals surface area contributed by atoms with Gasteiger partial charge in [0, 0.05) is 18.7 Å². The predicted molar refractivity (Wildman–Crippen MR) is 147 cm³/mol. The number of halogens is 2. The Labute approximate surface area is 232 Å². The van der Waals surface area contributed by atoms with Crippen LogP contribution in [0.4, 0.5) is 31.9 Å². The van der Waals surface area contributed by atoms with Gasteiger partial charge in [0.2, 0.25) is 5.95 Å². The van der Waals surface area contributed by atoms with Crippen molar-refractivity contribution in [3.8, 4) is 5.75 Å². The van der Waals surface area contributed by atoms with Crippen molar-refractivity contribution < 1.29 is 28.2 Å². The number of hydrogen-bond donors (Lipinski definition) is 3. The molecule has 2 fully saturated rings. The summed E-state index contributed by atoms with van der Waals surface area (Å²) in [7, 11) is 2.79. The van der Waals surface area contributed by atoms with E-state index in [2.05, 4.69) is 20.6 Å². The Morgan fingerprint density at radius 3 is 2.58 bits per heavy atom. The fraction of sp³-hybridized carbons (Fsp3) is 0.571. The van der Waals surface area contributed by atoms with Crippen LogP contribution < -0.4 is 25.2 Å². The summed E-state index contributed by atoms with van der Waals surface area (Å²) in [5, 5.41) is 16.2. The van der Waals surface area contributed by atoms with Gasteiger partial charge in [-0.3, -0.25) is 9.59 Å². The molecule has 2 unspecified atom stereocenters. The number of fused-ring (bicyclic) bond motifs is 1. The molecule has 2 amide bonds. The van der Waals surface area contributed by atoms with Crippen molar-refractivity contribution in [1.29, 1.82) is 0 Å². The maximum absolute atomic E-state index is 14.9. The van der Waals surface area contributed by atoms with E-state index in [1.807, 2.05) is 0 Å². The molecule has 2 heterocycles. The van der Waals surface area contributed by atoms with Gasteiger partial charge in [-0.2, -0.15) is 13.8 Å². The van der Waals surface area contributed by atoms with Gasteiger partial charge in [-0.25, -0.2) is 4.98 Å². The van der Waals surface area contributed by atoms with Gasteiger partial charge in [-0.05, 0) is 43.9 Å². The molecule has 40 heavy (non-hydrogen) atoms. The number of alkyl halides is 2. The second-order valence-corrected chi connectivity index (χ2v) is 10.9. The highest BCUT2D eigenvalue weighted by atomic mass is 19.3. The van der Waals surface area contributed by atoms with Crippen LogP contribution in [0.3, 0.4) is 0 Å². The third-order valence-electron chi connectivity index (χ3n) is 8.14. The Hall–Kier alpha value is -3.54. The largest absolute Gasteiger partial charge is 0.495 e. The zero-order valence-corrected chi connectivity index (χ0v) is 22.8. The van der Waals surface area contributed by atoms with Crippen LogP contribution >= 0.6 is 0 Å². The lowest BCUT2D eigenvalue weighted by atomic mass is 9.92. The maximum atomic E-state index is 14.9. The molecule has 12 heteroatoms. The topological polar surface area (TPSA) is 120 Å². The molecule has 10 nitrogen and oxygen atoms in total. The van der Waals surface area contributed by atoms with Gasteiger partial charge >= 0.3 is 5.92 Å². The van der Waals surface area contributed by atoms with Gasteiger partial charge in [0.15, 0.2) is 5.82 Å². The van der Waals surface area contributed by atoms with E-state index in [1.54, 1.807) is 23.1 Å². The van der Waals surface area contributed by atoms with Crippen LogP contribution in [0.2, 0.25) is 0 Å². The minimum Gasteiger partial charge on any atom is -0.495 e. The van der Waals surface area contributed by atoms with Crippen molar-refractivity contribution in [3.63, 3.8) is 0 Å². The van der Waals surface area contributed by atoms with E-state index in [0.29, 0.717) is 23.4 Å². The highest BCUT2D eigenvalue weighted by Crippen LogP contribution is 2.39. The highest BCUT2D eigenvalue weighted by Gasteiger charge is 2.48. The number of aliphatic hydroxyl groups excluding tert-OH is 1. The zero-order chi connectivity index (χ0) is 28.4. The SMILES string of the molecule is COc1cc(C(=O)NC2CCCCC2O)ccc1Nc1ncc2c(n1)N(C1CCCCC1)CC(F)(F)C(=O)N2C. The molecule has 3 aliphatic rings. The number of carbonyl (C=O) groups is 2. The van der Waals surface area contributed by atoms with Crippen LogP contribution in [0.15, 0.2) is 24.4 Å². The molecule has 5 rings (SSSR count). The summed E-state index contributed by atoms with van der Waals surface area (Å²) in [6.45, 7) is -0.743. The quantitative estimate of drug-likeness (QED) is 0.487. The summed E-state index contributed by atoms with van der Waals surface area (Å²) >= 11 is 0. The first-order chi connectivity index (χ1) is 19.2. The van der Waals surface area contributed by atoms with Crippen molar-refractivity contribution in [2.24, 2.45) is 0 Å². The van der Waals surface area contributed by atoms with Gasteiger partial charge in [-0.1, -0.05) is 32.1 Å². The number of methoxy groups -OCH3 is 1. The number of amides is 2. The first-order valence-electron chi connectivity index (χ1n) is 13.9. The third-order valence-corrected chi connectivity index (χ3v) is 8.14. The van der Waals surface area contributed by atoms with E-state index < -0.39 is 24.5 Å². The van der Waals surface area contributed by atoms with E-state index >= 15 is 0 Å². The number of ether oxygens (including phenoxy) is 1. The second-order valence-electron chi connectivity index (χ2n) is 10.9. The molecular weight excluding hydrogens is 522 g/mol. The lowest BCUT2D eigenvalue weighted by molar-refractivity contribution is -0.140. The number of aliphatic hydroxyl groups is 1. The number of aromatic nitrogens is 2. The van der Waals surface area contributed by atoms with Crippen LogP contribution in [0.5, 0.6) is 5.75 Å². The first-order valence-corrected chi connectivity index (χ1v) is 13.9. The minimum absolute atomic E-state index is 0.145. The molecule has 2 saturated carbocycles. The molecule has 0 radical (unpaired) electrons. The molecule has 2 aromatic rings. The molecule has 2 aliphatic carbocycles. The van der Waals surface area contributed by atoms with Crippen LogP contribution in [0.1, 0.15) is 68.1 Å². The third kappa shape index (κ3) is 5.67. The number of anilines is 4. The summed E-state index contributed by atoms with van der Waals surface area (Å²) in [5.74, 6) is -4.38. The average Bonchev–Trinajstić information content (AvgIpc) is 3.03. The van der Waals surface area contributed by atoms with Crippen LogP contribution in [0.25, 0.3) is 0 Å². The number of nitrogens with zero attached hydrogens (tertiary/aromatic N) is 4. The Bertz CT molecular complexity index is 1260. The Morgan fingerprint density at radius 2 is 1.85 bits per heavy atom. The van der Waals surface area contributed by atoms with E-state index in [4.69, 9.17) is 4.74 Å². The molecule has 0 saturated heterocycles. The van der Waals surface area contributed by atoms with Crippen molar-refractivity contribution in [3.05, 3.63) is 30.0 Å². The molecule has 2 atom stereocenters. The Balaban J connectivity index is 1.41. The molecule has 0 spiro atoms. The van der Waals surface area contributed by atoms with E-state index in [1.165, 1.54) is 20.4 Å². The summed E-state index contributed by atoms with van der Waals surface area (Å²) in [6, 6.07) is 4.42. The first kappa shape index (κ1) is 28.0. The van der Waals surface area contributed by atoms with Gasteiger partial charge in [0.1, 0.15) is 11.4 Å². The zero-order valence-electron chi connectivity index (χ0n) is 22.8. The Morgan fingerprint density at radius 1 is 1.12 bits per heavy atom. The normalized spacial score (nSPS) is 23.3. The second kappa shape index (κ2) is 11.5. The molecule has 0 bridgehead atoms. The van der Waals surface area contributed by atoms with Gasteiger partial charge in [0.25, 0.3) is 11.8 Å². The van der Waals surface area contributed by atoms with Gasteiger partial charge in [0.05, 0.1) is 37.7 Å². The fourth-order valence-electron chi connectivity index (χ4n) is 5.87. The highest BCUT2D eigenvalue weighted by molar-refractivity contribution is 6.02. The van der Waals surface area contributed by atoms with Crippen molar-refractivity contribution in [2.75, 3.05) is 35.8 Å². The molecule has 1 aromatic heterocycles. The van der Waals surface area contributed by atoms with E-state index in [9.17, 15) is 23.5 Å². The molecule has 1 aromatic carbocycles. The Kier molecular flexibility index (Phi) is 8.07. The monoisotopic (exact) mass is 558 g/mol. The van der Waals surface area contributed by atoms with Crippen LogP contribution in [-0.4, -0.2) is 71.7 Å². The smallest absolute Gasteiger partial charge is 0.342 e. The number of hydrogen-bond acceptors (Lipinski definition) is 8. The maximum Gasteiger partial charge on any atom is 0.342 e. The minimum atomic E-state index is -3.56. The van der Waals surface area contributed by atoms with Crippen molar-refractivity contribution >= 4 is 35.0 Å². The van der Waals surface area contributed by atoms with Crippen molar-refractivity contribution in [2.45, 2.75) is 81.9 Å². The predicted octanol–water partition coefficient (Wildman–Crippen LogP) is 4.01. The summed E-state index contributed by atoms with van der Waals surface area (Å²) in [4.78, 5) is 36.8. The average molecular weight is 559 g/mol. The lowest BCUT2D eigenvalue weighted by Crippen LogP contribution is -2.49. The standard InChI is InChI=1S/C28H36F2N6O4/c1-35-21-15-31-27(34-24(21)36(16-28(29,30)26(35)39)18-8-4-3-5-9-18)33-20-13-12-17(14-23(20)40-2)25(38)32-19-10-6-7-11-22(19)37/h12-15,18-19,22,37H,3-11,16H2,1-2H3,(H,32,38)(H,31,33,34). The summed E-state index contributed by atoms with van der Waals surface area (Å²) in [6.07, 6.45) is 8.51. The fourth-order valence-corrected chi connectivity index (χ4v) is 5.87. The van der Waals surface area contributed by atoms with E-state index in [0.717, 1.165) is 56.3 Å². The molecule has 3 N–H and O–H groups in total. The molecule has 1 aliphatic heterocycles. The van der Waals surface area contributed by atoms with Gasteiger partial charge in [-0.15, -0.1) is 0 Å². The van der Waals surface area contributed by atoms with Crippen LogP contribution in [0, 0.1) is 0 Å².